The van der Waals surface area contributed by atoms with Gasteiger partial charge < -0.3 is 30.5 Å². The van der Waals surface area contributed by atoms with E-state index in [9.17, 15) is 19.5 Å². The van der Waals surface area contributed by atoms with E-state index in [1.165, 1.54) is 18.9 Å². The van der Waals surface area contributed by atoms with Crippen LogP contribution in [0.15, 0.2) is 41.0 Å². The first-order valence-corrected chi connectivity index (χ1v) is 13.0. The number of nitrogen functional groups attached to an aromatic ring is 1. The lowest BCUT2D eigenvalue weighted by Gasteiger charge is -2.50. The summed E-state index contributed by atoms with van der Waals surface area (Å²) in [5, 5.41) is 22.2. The minimum Gasteiger partial charge on any atom is -0.543 e. The van der Waals surface area contributed by atoms with Gasteiger partial charge in [0.05, 0.1) is 18.3 Å². The number of carboxylic acids is 1. The van der Waals surface area contributed by atoms with Crippen molar-refractivity contribution < 1.29 is 33.6 Å². The molecule has 38 heavy (non-hydrogen) atoms. The molecule has 2 atom stereocenters. The Bertz CT molecular complexity index is 1500. The molecule has 2 amide bonds. The van der Waals surface area contributed by atoms with Gasteiger partial charge in [0, 0.05) is 35.0 Å². The number of carbonyl (C=O) groups excluding carboxylic acids is 3. The van der Waals surface area contributed by atoms with E-state index >= 15 is 0 Å². The molecule has 17 heteroatoms. The van der Waals surface area contributed by atoms with Crippen LogP contribution in [0.1, 0.15) is 12.7 Å². The predicted octanol–water partition coefficient (Wildman–Crippen LogP) is -2.09. The standard InChI is InChI=1S/C21H21N9O6S2/c1-3-36-11-4-5-12-28(6-7-29(12)25-11)8-10-9-37-19-14(18(32)30(19)15(10)20(33)34)23-17(31)13(26-35-2)16-24-21(22)38-27-16/h4-7,14,19H,3,8-9H2,1-2H3,(H3-,22,23,24,27,31,33,34)/b26-13-/t14-,19-/m1/s1. The minimum atomic E-state index is -1.48. The maximum absolute atomic E-state index is 13.0. The fraction of sp³-hybridized carbons (Fsp3) is 0.333. The van der Waals surface area contributed by atoms with Crippen molar-refractivity contribution in [2.75, 3.05) is 25.2 Å². The van der Waals surface area contributed by atoms with E-state index in [2.05, 4.69) is 24.9 Å². The molecule has 15 nitrogen and oxygen atoms in total. The molecule has 0 radical (unpaired) electrons. The summed E-state index contributed by atoms with van der Waals surface area (Å²) in [5.74, 6) is -2.13. The Morgan fingerprint density at radius 1 is 1.39 bits per heavy atom. The van der Waals surface area contributed by atoms with E-state index in [-0.39, 0.29) is 28.9 Å². The van der Waals surface area contributed by atoms with Crippen LogP contribution in [0.4, 0.5) is 5.13 Å². The number of imidazole rings is 1. The summed E-state index contributed by atoms with van der Waals surface area (Å²) in [6.45, 7) is 2.52. The first-order chi connectivity index (χ1) is 18.3. The summed E-state index contributed by atoms with van der Waals surface area (Å²) >= 11 is 2.19. The molecule has 3 aromatic heterocycles. The average Bonchev–Trinajstić information content (AvgIpc) is 3.51. The lowest BCUT2D eigenvalue weighted by molar-refractivity contribution is -0.662. The highest BCUT2D eigenvalue weighted by atomic mass is 32.2. The van der Waals surface area contributed by atoms with Gasteiger partial charge in [-0.25, -0.2) is 4.57 Å². The summed E-state index contributed by atoms with van der Waals surface area (Å²) in [7, 11) is 1.25. The van der Waals surface area contributed by atoms with Gasteiger partial charge >= 0.3 is 5.65 Å². The van der Waals surface area contributed by atoms with Crippen LogP contribution >= 0.6 is 23.3 Å². The summed E-state index contributed by atoms with van der Waals surface area (Å²) in [4.78, 5) is 47.8. The second kappa shape index (κ2) is 10.3. The van der Waals surface area contributed by atoms with Gasteiger partial charge in [0.2, 0.25) is 11.5 Å². The van der Waals surface area contributed by atoms with Gasteiger partial charge in [-0.15, -0.1) is 11.8 Å². The number of nitrogens with zero attached hydrogens (tertiary/aromatic N) is 7. The Morgan fingerprint density at radius 2 is 2.21 bits per heavy atom. The van der Waals surface area contributed by atoms with Crippen LogP contribution in [0.25, 0.3) is 5.65 Å². The summed E-state index contributed by atoms with van der Waals surface area (Å²) in [6.07, 6.45) is 3.48. The van der Waals surface area contributed by atoms with Crippen molar-refractivity contribution >= 4 is 57.6 Å². The number of nitrogens with two attached hydrogens (primary N) is 1. The molecule has 3 aromatic rings. The number of amides is 2. The van der Waals surface area contributed by atoms with Crippen molar-refractivity contribution in [1.82, 2.24) is 29.2 Å². The summed E-state index contributed by atoms with van der Waals surface area (Å²) in [5.41, 5.74) is 6.30. The Hall–Kier alpha value is -4.25. The molecule has 0 unspecified atom stereocenters. The van der Waals surface area contributed by atoms with Crippen LogP contribution < -0.4 is 25.5 Å². The molecule has 5 heterocycles. The summed E-state index contributed by atoms with van der Waals surface area (Å²) < 4.78 is 12.8. The molecule has 1 saturated heterocycles. The zero-order valence-electron chi connectivity index (χ0n) is 20.1. The normalized spacial score (nSPS) is 19.3. The van der Waals surface area contributed by atoms with E-state index in [0.29, 0.717) is 29.5 Å². The van der Waals surface area contributed by atoms with Gasteiger partial charge in [-0.2, -0.15) is 9.36 Å². The minimum absolute atomic E-state index is 0.0518. The van der Waals surface area contributed by atoms with Crippen molar-refractivity contribution in [3.63, 3.8) is 0 Å². The van der Waals surface area contributed by atoms with Gasteiger partial charge in [-0.05, 0) is 12.0 Å². The largest absolute Gasteiger partial charge is 0.543 e. The van der Waals surface area contributed by atoms with Gasteiger partial charge in [-0.3, -0.25) is 14.5 Å². The SMILES string of the molecule is CCOc1ccc2n(cc[n+]2CC2=C(C(=O)[O-])N3C(=O)[C@@H](NC(=O)/C(=N\OC)c4nsc(N)n4)[C@H]3SC2)n1. The molecule has 2 aliphatic heterocycles. The number of nitrogens with one attached hydrogen (secondary N) is 1. The van der Waals surface area contributed by atoms with E-state index in [1.54, 1.807) is 29.0 Å². The molecule has 0 bridgehead atoms. The molecule has 0 aromatic carbocycles. The van der Waals surface area contributed by atoms with Crippen LogP contribution in [0.5, 0.6) is 5.88 Å². The lowest BCUT2D eigenvalue weighted by Crippen LogP contribution is -2.71. The number of fused-ring (bicyclic) bond motifs is 2. The Labute approximate surface area is 223 Å². The number of rotatable bonds is 9. The molecule has 198 valence electrons. The van der Waals surface area contributed by atoms with Crippen molar-refractivity contribution in [1.29, 1.82) is 0 Å². The number of thioether (sulfide) groups is 1. The number of hydrogen-bond acceptors (Lipinski definition) is 13. The second-order valence-electron chi connectivity index (χ2n) is 8.01. The predicted molar refractivity (Wildman–Crippen MR) is 131 cm³/mol. The van der Waals surface area contributed by atoms with Crippen LogP contribution in [0.2, 0.25) is 0 Å². The first-order valence-electron chi connectivity index (χ1n) is 11.2. The van der Waals surface area contributed by atoms with Crippen molar-refractivity contribution in [2.24, 2.45) is 5.16 Å². The number of carboxylic acid groups (broad SMARTS) is 1. The maximum Gasteiger partial charge on any atom is 0.307 e. The van der Waals surface area contributed by atoms with E-state index in [1.807, 2.05) is 11.5 Å². The fourth-order valence-corrected chi connectivity index (χ4v) is 5.91. The number of aromatic nitrogens is 5. The Morgan fingerprint density at radius 3 is 2.89 bits per heavy atom. The van der Waals surface area contributed by atoms with Crippen LogP contribution in [0, 0.1) is 0 Å². The molecule has 0 saturated carbocycles. The number of aliphatic carboxylic acids is 1. The van der Waals surface area contributed by atoms with Crippen LogP contribution in [-0.4, -0.2) is 78.3 Å². The zero-order chi connectivity index (χ0) is 27.0. The van der Waals surface area contributed by atoms with Gasteiger partial charge in [-0.1, -0.05) is 9.67 Å². The van der Waals surface area contributed by atoms with Crippen molar-refractivity contribution in [3.8, 4) is 5.88 Å². The quantitative estimate of drug-likeness (QED) is 0.126. The molecule has 0 aliphatic carbocycles. The second-order valence-corrected chi connectivity index (χ2v) is 9.90. The maximum atomic E-state index is 13.0. The van der Waals surface area contributed by atoms with Gasteiger partial charge in [0.15, 0.2) is 11.3 Å². The molecule has 1 fully saturated rings. The van der Waals surface area contributed by atoms with Crippen molar-refractivity contribution in [2.45, 2.75) is 24.9 Å². The highest BCUT2D eigenvalue weighted by molar-refractivity contribution is 8.00. The third kappa shape index (κ3) is 4.49. The van der Waals surface area contributed by atoms with Crippen molar-refractivity contribution in [3.05, 3.63) is 41.6 Å². The number of carbonyl (C=O) groups is 3. The van der Waals surface area contributed by atoms with Gasteiger partial charge in [0.25, 0.3) is 17.7 Å². The Kier molecular flexibility index (Phi) is 6.85. The van der Waals surface area contributed by atoms with Gasteiger partial charge in [0.1, 0.15) is 31.3 Å². The van der Waals surface area contributed by atoms with E-state index < -0.39 is 29.2 Å². The third-order valence-electron chi connectivity index (χ3n) is 5.73. The lowest BCUT2D eigenvalue weighted by atomic mass is 10.0. The third-order valence-corrected chi connectivity index (χ3v) is 7.61. The topological polar surface area (TPSA) is 193 Å². The molecule has 3 N–H and O–H groups in total. The fourth-order valence-electron chi connectivity index (χ4n) is 4.14. The number of anilines is 1. The number of hydrogen-bond donors (Lipinski definition) is 2. The first kappa shape index (κ1) is 25.4. The highest BCUT2D eigenvalue weighted by Gasteiger charge is 2.53. The van der Waals surface area contributed by atoms with E-state index in [0.717, 1.165) is 16.4 Å². The number of β-lactam (4-membered cyclic amide) rings is 1. The average molecular weight is 560 g/mol. The molecule has 0 spiro atoms. The smallest absolute Gasteiger partial charge is 0.307 e. The number of ether oxygens (including phenoxy) is 1. The summed E-state index contributed by atoms with van der Waals surface area (Å²) in [6, 6.07) is 2.53. The highest BCUT2D eigenvalue weighted by Crippen LogP contribution is 2.40. The number of oxime groups is 1. The van der Waals surface area contributed by atoms with E-state index in [4.69, 9.17) is 15.3 Å². The molecule has 5 rings (SSSR count). The molecule has 2 aliphatic rings. The van der Waals surface area contributed by atoms with Crippen LogP contribution in [-0.2, 0) is 25.8 Å². The monoisotopic (exact) mass is 559 g/mol. The molecular formula is C21H21N9O6S2. The van der Waals surface area contributed by atoms with Crippen LogP contribution in [0.3, 0.4) is 0 Å². The Balaban J connectivity index is 1.36. The zero-order valence-corrected chi connectivity index (χ0v) is 21.7. The molecular weight excluding hydrogens is 538 g/mol.